The number of benzene rings is 2. The van der Waals surface area contributed by atoms with Gasteiger partial charge in [0.15, 0.2) is 0 Å². The third-order valence-corrected chi connectivity index (χ3v) is 6.32. The number of amides is 2. The Bertz CT molecular complexity index is 1000. The number of rotatable bonds is 8. The number of primary amides is 1. The van der Waals surface area contributed by atoms with Crippen LogP contribution in [0.4, 0.5) is 5.69 Å². The summed E-state index contributed by atoms with van der Waals surface area (Å²) in [5.74, 6) is -0.289. The lowest BCUT2D eigenvalue weighted by Gasteiger charge is -2.41. The maximum atomic E-state index is 12.3. The summed E-state index contributed by atoms with van der Waals surface area (Å²) in [6.45, 7) is 4.52. The molecule has 1 atom stereocenters. The Kier molecular flexibility index (Phi) is 8.07. The molecule has 1 aliphatic rings. The predicted octanol–water partition coefficient (Wildman–Crippen LogP) is 2.99. The van der Waals surface area contributed by atoms with Gasteiger partial charge in [-0.2, -0.15) is 5.26 Å². The van der Waals surface area contributed by atoms with Crippen LogP contribution in [0.3, 0.4) is 0 Å². The molecular weight excluding hydrogens is 414 g/mol. The van der Waals surface area contributed by atoms with E-state index in [1.807, 2.05) is 48.5 Å². The summed E-state index contributed by atoms with van der Waals surface area (Å²) >= 11 is 0. The fraction of sp³-hybridized carbons (Fsp3) is 0.423. The van der Waals surface area contributed by atoms with E-state index < -0.39 is 0 Å². The summed E-state index contributed by atoms with van der Waals surface area (Å²) in [5, 5.41) is 9.29. The molecule has 0 bridgehead atoms. The lowest BCUT2D eigenvalue weighted by Crippen LogP contribution is -2.48. The highest BCUT2D eigenvalue weighted by Gasteiger charge is 2.28. The number of likely N-dealkylation sites (tertiary alicyclic amines) is 1. The molecule has 2 amide bonds. The van der Waals surface area contributed by atoms with E-state index in [9.17, 15) is 14.9 Å². The highest BCUT2D eigenvalue weighted by atomic mass is 16.2. The average molecular weight is 448 g/mol. The van der Waals surface area contributed by atoms with Crippen LogP contribution in [0.2, 0.25) is 0 Å². The average Bonchev–Trinajstić information content (AvgIpc) is 2.82. The number of nitrogens with zero attached hydrogens (tertiary/aromatic N) is 4. The molecule has 0 aliphatic carbocycles. The van der Waals surface area contributed by atoms with Crippen LogP contribution < -0.4 is 10.6 Å². The van der Waals surface area contributed by atoms with Crippen molar-refractivity contribution in [2.24, 2.45) is 5.73 Å². The van der Waals surface area contributed by atoms with E-state index in [1.165, 1.54) is 0 Å². The van der Waals surface area contributed by atoms with E-state index in [-0.39, 0.29) is 17.9 Å². The Labute approximate surface area is 196 Å². The molecule has 0 aromatic heterocycles. The van der Waals surface area contributed by atoms with Gasteiger partial charge in [-0.05, 0) is 61.7 Å². The van der Waals surface area contributed by atoms with Crippen molar-refractivity contribution in [1.29, 1.82) is 5.26 Å². The second kappa shape index (κ2) is 11.0. The molecule has 0 spiro atoms. The first-order valence-electron chi connectivity index (χ1n) is 11.4. The fourth-order valence-electron chi connectivity index (χ4n) is 4.48. The second-order valence-corrected chi connectivity index (χ2v) is 8.97. The van der Waals surface area contributed by atoms with Crippen LogP contribution in [0.5, 0.6) is 0 Å². The summed E-state index contributed by atoms with van der Waals surface area (Å²) in [6.07, 6.45) is 2.29. The van der Waals surface area contributed by atoms with Gasteiger partial charge >= 0.3 is 0 Å². The van der Waals surface area contributed by atoms with Gasteiger partial charge in [0, 0.05) is 63.5 Å². The van der Waals surface area contributed by atoms with Gasteiger partial charge < -0.3 is 15.5 Å². The van der Waals surface area contributed by atoms with Gasteiger partial charge in [0.25, 0.3) is 5.91 Å². The molecule has 0 saturated carbocycles. The van der Waals surface area contributed by atoms with E-state index in [0.717, 1.165) is 37.2 Å². The van der Waals surface area contributed by atoms with E-state index in [0.29, 0.717) is 30.1 Å². The number of nitriles is 1. The van der Waals surface area contributed by atoms with Crippen LogP contribution in [-0.4, -0.2) is 60.9 Å². The number of nitrogens with two attached hydrogens (primary N) is 1. The Morgan fingerprint density at radius 1 is 1.15 bits per heavy atom. The lowest BCUT2D eigenvalue weighted by atomic mass is 9.98. The van der Waals surface area contributed by atoms with E-state index >= 15 is 0 Å². The summed E-state index contributed by atoms with van der Waals surface area (Å²) in [5.41, 5.74) is 8.82. The molecule has 3 rings (SSSR count). The smallest absolute Gasteiger partial charge is 0.253 e. The van der Waals surface area contributed by atoms with Crippen molar-refractivity contribution in [1.82, 2.24) is 9.80 Å². The Balaban J connectivity index is 1.81. The van der Waals surface area contributed by atoms with Gasteiger partial charge in [0.2, 0.25) is 5.91 Å². The largest absolute Gasteiger partial charge is 0.370 e. The van der Waals surface area contributed by atoms with Crippen molar-refractivity contribution in [3.05, 3.63) is 65.2 Å². The number of hydrogen-bond donors (Lipinski definition) is 1. The third kappa shape index (κ3) is 6.33. The minimum atomic E-state index is -0.268. The van der Waals surface area contributed by atoms with Gasteiger partial charge in [-0.3, -0.25) is 14.5 Å². The standard InChI is InChI=1S/C26H33N5O2/c1-19(15-25(28)32)30-13-11-24(12-14-30)31(18-21-6-4-5-20(16-21)17-27)23-9-7-22(8-10-23)26(33)29(2)3/h4-10,16,19,24H,11-15,18H2,1-3H3,(H2,28,32). The zero-order valence-corrected chi connectivity index (χ0v) is 19.7. The van der Waals surface area contributed by atoms with E-state index in [1.54, 1.807) is 19.0 Å². The van der Waals surface area contributed by atoms with Crippen molar-refractivity contribution in [2.75, 3.05) is 32.1 Å². The quantitative estimate of drug-likeness (QED) is 0.671. The zero-order chi connectivity index (χ0) is 24.0. The van der Waals surface area contributed by atoms with E-state index in [2.05, 4.69) is 22.8 Å². The minimum Gasteiger partial charge on any atom is -0.370 e. The van der Waals surface area contributed by atoms with E-state index in [4.69, 9.17) is 5.73 Å². The predicted molar refractivity (Wildman–Crippen MR) is 130 cm³/mol. The monoisotopic (exact) mass is 447 g/mol. The van der Waals surface area contributed by atoms with Crippen LogP contribution in [0, 0.1) is 11.3 Å². The number of hydrogen-bond acceptors (Lipinski definition) is 5. The molecule has 2 N–H and O–H groups in total. The topological polar surface area (TPSA) is 93.7 Å². The van der Waals surface area contributed by atoms with Gasteiger partial charge in [-0.1, -0.05) is 12.1 Å². The van der Waals surface area contributed by atoms with Crippen LogP contribution in [0.25, 0.3) is 0 Å². The molecule has 174 valence electrons. The molecule has 7 nitrogen and oxygen atoms in total. The van der Waals surface area contributed by atoms with Crippen LogP contribution in [-0.2, 0) is 11.3 Å². The van der Waals surface area contributed by atoms with Crippen LogP contribution >= 0.6 is 0 Å². The third-order valence-electron chi connectivity index (χ3n) is 6.32. The van der Waals surface area contributed by atoms with Gasteiger partial charge in [0.05, 0.1) is 11.6 Å². The van der Waals surface area contributed by atoms with Crippen molar-refractivity contribution in [2.45, 2.75) is 44.8 Å². The minimum absolute atomic E-state index is 0.0217. The lowest BCUT2D eigenvalue weighted by molar-refractivity contribution is -0.119. The molecule has 2 aromatic rings. The normalized spacial score (nSPS) is 15.5. The maximum absolute atomic E-state index is 12.3. The number of anilines is 1. The molecular formula is C26H33N5O2. The molecule has 33 heavy (non-hydrogen) atoms. The first-order chi connectivity index (χ1) is 15.8. The van der Waals surface area contributed by atoms with Crippen LogP contribution in [0.1, 0.15) is 47.7 Å². The Morgan fingerprint density at radius 2 is 1.82 bits per heavy atom. The van der Waals surface area contributed by atoms with Gasteiger partial charge in [-0.25, -0.2) is 0 Å². The highest BCUT2D eigenvalue weighted by molar-refractivity contribution is 5.94. The first-order valence-corrected chi connectivity index (χ1v) is 11.4. The summed E-state index contributed by atoms with van der Waals surface area (Å²) < 4.78 is 0. The van der Waals surface area contributed by atoms with Crippen molar-refractivity contribution >= 4 is 17.5 Å². The maximum Gasteiger partial charge on any atom is 0.253 e. The van der Waals surface area contributed by atoms with Gasteiger partial charge in [-0.15, -0.1) is 0 Å². The molecule has 1 saturated heterocycles. The molecule has 1 fully saturated rings. The molecule has 1 heterocycles. The van der Waals surface area contributed by atoms with Crippen LogP contribution in [0.15, 0.2) is 48.5 Å². The second-order valence-electron chi connectivity index (χ2n) is 8.97. The number of carbonyl (C=O) groups is 2. The van der Waals surface area contributed by atoms with Crippen molar-refractivity contribution in [3.8, 4) is 6.07 Å². The van der Waals surface area contributed by atoms with Crippen molar-refractivity contribution in [3.63, 3.8) is 0 Å². The summed E-state index contributed by atoms with van der Waals surface area (Å²) in [6, 6.07) is 18.1. The Morgan fingerprint density at radius 3 is 2.39 bits per heavy atom. The highest BCUT2D eigenvalue weighted by Crippen LogP contribution is 2.27. The van der Waals surface area contributed by atoms with Crippen molar-refractivity contribution < 1.29 is 9.59 Å². The SMILES string of the molecule is CC(CC(N)=O)N1CCC(N(Cc2cccc(C#N)c2)c2ccc(C(=O)N(C)C)cc2)CC1. The molecule has 1 aliphatic heterocycles. The fourth-order valence-corrected chi connectivity index (χ4v) is 4.48. The van der Waals surface area contributed by atoms with Gasteiger partial charge in [0.1, 0.15) is 0 Å². The summed E-state index contributed by atoms with van der Waals surface area (Å²) in [4.78, 5) is 29.9. The first kappa shape index (κ1) is 24.3. The Hall–Kier alpha value is -3.37. The molecule has 0 radical (unpaired) electrons. The zero-order valence-electron chi connectivity index (χ0n) is 19.7. The molecule has 2 aromatic carbocycles. The summed E-state index contributed by atoms with van der Waals surface area (Å²) in [7, 11) is 3.50. The number of piperidine rings is 1. The number of carbonyl (C=O) groups excluding carboxylic acids is 2. The molecule has 7 heteroatoms. The molecule has 1 unspecified atom stereocenters.